The minimum atomic E-state index is -4.02. The first-order valence-corrected chi connectivity index (χ1v) is 17.0. The Hall–Kier alpha value is -3.94. The predicted octanol–water partition coefficient (Wildman–Crippen LogP) is 3.79. The third-order valence-corrected chi connectivity index (χ3v) is 9.35. The fraction of sp³-hybridized carbons (Fsp3) is 0.485. The molecular weight excluding hydrogens is 610 g/mol. The van der Waals surface area contributed by atoms with Gasteiger partial charge in [-0.25, -0.2) is 4.98 Å². The van der Waals surface area contributed by atoms with E-state index in [1.807, 2.05) is 32.0 Å². The van der Waals surface area contributed by atoms with Gasteiger partial charge in [0, 0.05) is 57.2 Å². The number of ether oxygens (including phenoxy) is 2. The number of benzene rings is 2. The van der Waals surface area contributed by atoms with E-state index in [9.17, 15) is 23.1 Å². The Morgan fingerprint density at radius 1 is 1.17 bits per heavy atom. The largest absolute Gasteiger partial charge is 0.490 e. The first-order chi connectivity index (χ1) is 21.9. The molecule has 12 nitrogen and oxygen atoms in total. The van der Waals surface area contributed by atoms with Crippen LogP contribution in [0.3, 0.4) is 0 Å². The van der Waals surface area contributed by atoms with Gasteiger partial charge in [-0.2, -0.15) is 8.42 Å². The summed E-state index contributed by atoms with van der Waals surface area (Å²) in [5.74, 6) is -0.479. The Morgan fingerprint density at radius 2 is 1.91 bits per heavy atom. The van der Waals surface area contributed by atoms with Gasteiger partial charge in [0.1, 0.15) is 5.75 Å². The predicted molar refractivity (Wildman–Crippen MR) is 174 cm³/mol. The molecule has 0 saturated heterocycles. The molecule has 2 N–H and O–H groups in total. The van der Waals surface area contributed by atoms with Crippen molar-refractivity contribution < 1.29 is 32.6 Å². The monoisotopic (exact) mass is 655 g/mol. The van der Waals surface area contributed by atoms with Gasteiger partial charge < -0.3 is 28.9 Å². The lowest BCUT2D eigenvalue weighted by atomic mass is 10.0. The van der Waals surface area contributed by atoms with Crippen molar-refractivity contribution >= 4 is 27.5 Å². The Bertz CT molecular complexity index is 1580. The van der Waals surface area contributed by atoms with Gasteiger partial charge in [-0.15, -0.1) is 0 Å². The zero-order valence-electron chi connectivity index (χ0n) is 27.1. The van der Waals surface area contributed by atoms with Crippen molar-refractivity contribution in [3.8, 4) is 5.75 Å². The maximum absolute atomic E-state index is 14.3. The number of nitrogens with zero attached hydrogens (tertiary/aromatic N) is 4. The number of hydrogen-bond donors (Lipinski definition) is 2. The van der Waals surface area contributed by atoms with E-state index < -0.39 is 28.1 Å². The minimum absolute atomic E-state index is 0.131. The first-order valence-electron chi connectivity index (χ1n) is 15.5. The fourth-order valence-corrected chi connectivity index (χ4v) is 6.37. The molecule has 0 bridgehead atoms. The number of nitrogens with one attached hydrogen (secondary N) is 1. The molecule has 13 heteroatoms. The SMILES string of the molecule is C[C@@H]1CCCCO[C@H](CN(C)C(=O)c2ccccc2)[C@H](C)CN([C@H](C)CO)C(=O)c2cc(NS(=O)(=O)c3cn(C)cn3)ccc2O1. The average Bonchev–Trinajstić information content (AvgIpc) is 3.49. The van der Waals surface area contributed by atoms with Gasteiger partial charge in [-0.05, 0) is 63.4 Å². The number of aromatic nitrogens is 2. The van der Waals surface area contributed by atoms with Crippen molar-refractivity contribution in [2.24, 2.45) is 13.0 Å². The third kappa shape index (κ3) is 8.86. The van der Waals surface area contributed by atoms with Gasteiger partial charge in [0.15, 0.2) is 5.03 Å². The minimum Gasteiger partial charge on any atom is -0.490 e. The van der Waals surface area contributed by atoms with Crippen LogP contribution in [0, 0.1) is 5.92 Å². The normalized spacial score (nSPS) is 20.6. The third-order valence-electron chi connectivity index (χ3n) is 8.08. The summed E-state index contributed by atoms with van der Waals surface area (Å²) in [4.78, 5) is 34.6. The van der Waals surface area contributed by atoms with Crippen LogP contribution in [0.2, 0.25) is 0 Å². The van der Waals surface area contributed by atoms with Crippen molar-refractivity contribution in [1.29, 1.82) is 0 Å². The zero-order valence-corrected chi connectivity index (χ0v) is 27.9. The lowest BCUT2D eigenvalue weighted by Gasteiger charge is -2.36. The quantitative estimate of drug-likeness (QED) is 0.373. The molecule has 2 heterocycles. The van der Waals surface area contributed by atoms with Crippen LogP contribution in [0.1, 0.15) is 60.7 Å². The highest BCUT2D eigenvalue weighted by molar-refractivity contribution is 7.92. The Balaban J connectivity index is 1.66. The molecule has 0 saturated carbocycles. The van der Waals surface area contributed by atoms with Crippen LogP contribution in [0.5, 0.6) is 5.75 Å². The van der Waals surface area contributed by atoms with E-state index in [2.05, 4.69) is 9.71 Å². The van der Waals surface area contributed by atoms with E-state index in [0.717, 1.165) is 12.8 Å². The number of anilines is 1. The number of aliphatic hydroxyl groups is 1. The number of carbonyl (C=O) groups excluding carboxylic acids is 2. The summed E-state index contributed by atoms with van der Waals surface area (Å²) in [5.41, 5.74) is 0.901. The molecule has 2 aromatic carbocycles. The molecule has 3 aromatic rings. The summed E-state index contributed by atoms with van der Waals surface area (Å²) in [6.07, 6.45) is 4.44. The second kappa shape index (κ2) is 15.6. The molecule has 0 aliphatic carbocycles. The maximum atomic E-state index is 14.3. The van der Waals surface area contributed by atoms with Crippen molar-refractivity contribution in [2.45, 2.75) is 63.3 Å². The van der Waals surface area contributed by atoms with Crippen molar-refractivity contribution in [3.63, 3.8) is 0 Å². The van der Waals surface area contributed by atoms with E-state index >= 15 is 0 Å². The summed E-state index contributed by atoms with van der Waals surface area (Å²) in [6.45, 7) is 6.31. The van der Waals surface area contributed by atoms with Crippen LogP contribution in [0.25, 0.3) is 0 Å². The van der Waals surface area contributed by atoms with E-state index in [1.54, 1.807) is 55.1 Å². The van der Waals surface area contributed by atoms with Crippen LogP contribution in [-0.4, -0.2) is 96.3 Å². The second-order valence-corrected chi connectivity index (χ2v) is 13.7. The standard InChI is InChI=1S/C33H45N5O7S/c1-23-18-38(24(2)21-39)33(41)28-17-27(35-46(42,43)31-20-36(4)22-34-31)14-15-29(28)45-25(3)11-9-10-16-44-30(23)19-37(5)32(40)26-12-7-6-8-13-26/h6-8,12-15,17,20,22-25,30,35,39H,9-11,16,18-19,21H2,1-5H3/t23-,24-,25-,30-/m1/s1. The van der Waals surface area contributed by atoms with Gasteiger partial charge >= 0.3 is 0 Å². The summed E-state index contributed by atoms with van der Waals surface area (Å²) in [6, 6.07) is 13.1. The summed E-state index contributed by atoms with van der Waals surface area (Å²) in [7, 11) is -0.618. The number of aliphatic hydroxyl groups excluding tert-OH is 1. The average molecular weight is 656 g/mol. The summed E-state index contributed by atoms with van der Waals surface area (Å²) < 4.78 is 42.7. The molecule has 1 aromatic heterocycles. The van der Waals surface area contributed by atoms with Gasteiger partial charge in [0.05, 0.1) is 36.7 Å². The maximum Gasteiger partial charge on any atom is 0.280 e. The van der Waals surface area contributed by atoms with E-state index in [0.29, 0.717) is 30.9 Å². The number of fused-ring (bicyclic) bond motifs is 1. The molecule has 250 valence electrons. The molecule has 1 aliphatic rings. The first kappa shape index (κ1) is 34.9. The fourth-order valence-electron chi connectivity index (χ4n) is 5.34. The Labute approximate surface area is 271 Å². The van der Waals surface area contributed by atoms with Crippen LogP contribution < -0.4 is 9.46 Å². The molecule has 0 radical (unpaired) electrons. The number of hydrogen-bond acceptors (Lipinski definition) is 8. The summed E-state index contributed by atoms with van der Waals surface area (Å²) in [5, 5.41) is 10.0. The zero-order chi connectivity index (χ0) is 33.4. The summed E-state index contributed by atoms with van der Waals surface area (Å²) >= 11 is 0. The topological polar surface area (TPSA) is 143 Å². The lowest BCUT2D eigenvalue weighted by molar-refractivity contribution is -0.0149. The van der Waals surface area contributed by atoms with Crippen LogP contribution in [-0.2, 0) is 21.8 Å². The molecule has 4 atom stereocenters. The molecule has 2 amide bonds. The van der Waals surface area contributed by atoms with Gasteiger partial charge in [0.2, 0.25) is 0 Å². The number of rotatable bonds is 8. The Morgan fingerprint density at radius 3 is 2.59 bits per heavy atom. The smallest absolute Gasteiger partial charge is 0.280 e. The number of imidazole rings is 1. The van der Waals surface area contributed by atoms with Crippen molar-refractivity contribution in [1.82, 2.24) is 19.4 Å². The number of likely N-dealkylation sites (N-methyl/N-ethyl adjacent to an activating group) is 1. The highest BCUT2D eigenvalue weighted by atomic mass is 32.2. The van der Waals surface area contributed by atoms with Gasteiger partial charge in [-0.3, -0.25) is 14.3 Å². The molecule has 4 rings (SSSR count). The molecular formula is C33H45N5O7S. The van der Waals surface area contributed by atoms with Crippen LogP contribution in [0.15, 0.2) is 66.1 Å². The van der Waals surface area contributed by atoms with Crippen LogP contribution >= 0.6 is 0 Å². The molecule has 46 heavy (non-hydrogen) atoms. The van der Waals surface area contributed by atoms with E-state index in [-0.39, 0.29) is 47.4 Å². The van der Waals surface area contributed by atoms with Crippen LogP contribution in [0.4, 0.5) is 5.69 Å². The van der Waals surface area contributed by atoms with Gasteiger partial charge in [-0.1, -0.05) is 25.1 Å². The van der Waals surface area contributed by atoms with E-state index in [1.165, 1.54) is 23.2 Å². The number of carbonyl (C=O) groups is 2. The highest BCUT2D eigenvalue weighted by Gasteiger charge is 2.31. The van der Waals surface area contributed by atoms with E-state index in [4.69, 9.17) is 9.47 Å². The highest BCUT2D eigenvalue weighted by Crippen LogP contribution is 2.29. The van der Waals surface area contributed by atoms with Crippen molar-refractivity contribution in [3.05, 3.63) is 72.2 Å². The number of aryl methyl sites for hydroxylation is 1. The number of amides is 2. The molecule has 0 unspecified atom stereocenters. The lowest BCUT2D eigenvalue weighted by Crippen LogP contribution is -2.48. The van der Waals surface area contributed by atoms with Crippen molar-refractivity contribution in [2.75, 3.05) is 38.1 Å². The molecule has 0 fully saturated rings. The molecule has 0 spiro atoms. The molecule has 1 aliphatic heterocycles. The van der Waals surface area contributed by atoms with Gasteiger partial charge in [0.25, 0.3) is 21.8 Å². The second-order valence-electron chi connectivity index (χ2n) is 12.0. The Kier molecular flexibility index (Phi) is 11.8. The number of sulfonamides is 1.